The Morgan fingerprint density at radius 3 is 2.77 bits per heavy atom. The second kappa shape index (κ2) is 8.35. The van der Waals surface area contributed by atoms with Crippen LogP contribution in [-0.4, -0.2) is 28.4 Å². The molecule has 0 unspecified atom stereocenters. The number of anilines is 1. The number of ether oxygens (including phenoxy) is 1. The lowest BCUT2D eigenvalue weighted by molar-refractivity contribution is 0.373. The molecule has 5 rings (SSSR count). The molecule has 2 heterocycles. The van der Waals surface area contributed by atoms with Crippen LogP contribution in [0.2, 0.25) is 0 Å². The number of phenols is 1. The molecule has 0 atom stereocenters. The minimum Gasteiger partial charge on any atom is -0.504 e. The first-order valence-electron chi connectivity index (χ1n) is 10.3. The average molecular weight is 431 g/mol. The third kappa shape index (κ3) is 3.84. The lowest BCUT2D eigenvalue weighted by Crippen LogP contribution is -2.02. The zero-order valence-corrected chi connectivity index (χ0v) is 17.9. The quantitative estimate of drug-likeness (QED) is 0.327. The smallest absolute Gasteiger partial charge is 0.163 e. The van der Waals surface area contributed by atoms with Crippen molar-refractivity contribution >= 4 is 33.6 Å². The second-order valence-corrected chi connectivity index (χ2v) is 8.54. The van der Waals surface area contributed by atoms with E-state index in [9.17, 15) is 5.11 Å². The largest absolute Gasteiger partial charge is 0.504 e. The molecule has 4 aromatic rings. The zero-order valence-electron chi connectivity index (χ0n) is 17.1. The van der Waals surface area contributed by atoms with Crippen molar-refractivity contribution in [3.63, 3.8) is 0 Å². The van der Waals surface area contributed by atoms with Crippen LogP contribution in [0.3, 0.4) is 0 Å². The standard InChI is InChI=1S/C24H22N4O2S/c1-30-19-13-15(11-12-18(19)29)14-25-28-23-21-17-9-5-6-10-20(17)31-24(21)27-22(26-23)16-7-3-2-4-8-16/h2-4,7-8,11-14,29H,5-6,9-10H2,1H3,(H,26,27,28)/b25-14-. The third-order valence-electron chi connectivity index (χ3n) is 5.43. The monoisotopic (exact) mass is 430 g/mol. The van der Waals surface area contributed by atoms with Crippen LogP contribution in [-0.2, 0) is 12.8 Å². The van der Waals surface area contributed by atoms with Crippen molar-refractivity contribution in [2.24, 2.45) is 5.10 Å². The van der Waals surface area contributed by atoms with Crippen molar-refractivity contribution < 1.29 is 9.84 Å². The molecule has 1 aliphatic carbocycles. The number of benzene rings is 2. The summed E-state index contributed by atoms with van der Waals surface area (Å²) in [5, 5.41) is 15.3. The van der Waals surface area contributed by atoms with E-state index in [2.05, 4.69) is 10.5 Å². The minimum atomic E-state index is 0.0996. The van der Waals surface area contributed by atoms with E-state index in [4.69, 9.17) is 14.7 Å². The Morgan fingerprint density at radius 2 is 1.94 bits per heavy atom. The summed E-state index contributed by atoms with van der Waals surface area (Å²) in [7, 11) is 1.52. The number of nitrogens with zero attached hydrogens (tertiary/aromatic N) is 3. The minimum absolute atomic E-state index is 0.0996. The summed E-state index contributed by atoms with van der Waals surface area (Å²) >= 11 is 1.77. The fourth-order valence-electron chi connectivity index (χ4n) is 3.90. The number of hydrazone groups is 1. The van der Waals surface area contributed by atoms with Crippen molar-refractivity contribution in [1.82, 2.24) is 9.97 Å². The molecule has 6 nitrogen and oxygen atoms in total. The van der Waals surface area contributed by atoms with Crippen LogP contribution in [0.1, 0.15) is 28.8 Å². The Balaban J connectivity index is 1.55. The molecule has 0 aliphatic heterocycles. The number of aryl methyl sites for hydroxylation is 2. The fourth-order valence-corrected chi connectivity index (χ4v) is 5.16. The molecule has 0 saturated carbocycles. The van der Waals surface area contributed by atoms with E-state index in [1.165, 1.54) is 30.4 Å². The van der Waals surface area contributed by atoms with Gasteiger partial charge in [0.2, 0.25) is 0 Å². The molecule has 0 bridgehead atoms. The van der Waals surface area contributed by atoms with E-state index in [1.807, 2.05) is 30.3 Å². The topological polar surface area (TPSA) is 79.6 Å². The van der Waals surface area contributed by atoms with Gasteiger partial charge in [-0.2, -0.15) is 5.10 Å². The van der Waals surface area contributed by atoms with Gasteiger partial charge in [-0.1, -0.05) is 30.3 Å². The van der Waals surface area contributed by atoms with Gasteiger partial charge < -0.3 is 9.84 Å². The number of hydrogen-bond donors (Lipinski definition) is 2. The van der Waals surface area contributed by atoms with Gasteiger partial charge in [0.05, 0.1) is 18.7 Å². The van der Waals surface area contributed by atoms with E-state index in [-0.39, 0.29) is 5.75 Å². The number of nitrogens with one attached hydrogen (secondary N) is 1. The summed E-state index contributed by atoms with van der Waals surface area (Å²) in [5.74, 6) is 1.93. The number of phenolic OH excluding ortho intramolecular Hbond substituents is 1. The van der Waals surface area contributed by atoms with Crippen LogP contribution in [0.15, 0.2) is 53.6 Å². The lowest BCUT2D eigenvalue weighted by Gasteiger charge is -2.12. The maximum absolute atomic E-state index is 9.78. The SMILES string of the molecule is COc1cc(/C=N\Nc2nc(-c3ccccc3)nc3sc4c(c23)CCCC4)ccc1O. The average Bonchev–Trinajstić information content (AvgIpc) is 3.19. The first kappa shape index (κ1) is 19.5. The molecule has 2 N–H and O–H groups in total. The third-order valence-corrected chi connectivity index (χ3v) is 6.62. The first-order valence-corrected chi connectivity index (χ1v) is 11.1. The molecule has 0 saturated heterocycles. The van der Waals surface area contributed by atoms with Gasteiger partial charge in [-0.05, 0) is 55.0 Å². The van der Waals surface area contributed by atoms with Crippen molar-refractivity contribution in [2.75, 3.05) is 12.5 Å². The maximum Gasteiger partial charge on any atom is 0.163 e. The molecule has 7 heteroatoms. The van der Waals surface area contributed by atoms with Crippen LogP contribution in [0.25, 0.3) is 21.6 Å². The van der Waals surface area contributed by atoms with E-state index >= 15 is 0 Å². The first-order chi connectivity index (χ1) is 15.2. The van der Waals surface area contributed by atoms with Gasteiger partial charge in [-0.15, -0.1) is 11.3 Å². The van der Waals surface area contributed by atoms with E-state index in [0.717, 1.165) is 40.0 Å². The van der Waals surface area contributed by atoms with Crippen molar-refractivity contribution in [3.05, 3.63) is 64.5 Å². The predicted octanol–water partition coefficient (Wildman–Crippen LogP) is 5.40. The summed E-state index contributed by atoms with van der Waals surface area (Å²) in [6, 6.07) is 15.1. The van der Waals surface area contributed by atoms with Gasteiger partial charge in [0.1, 0.15) is 4.83 Å². The normalized spacial score (nSPS) is 13.5. The summed E-state index contributed by atoms with van der Waals surface area (Å²) in [5.41, 5.74) is 6.30. The molecule has 0 radical (unpaired) electrons. The van der Waals surface area contributed by atoms with Crippen LogP contribution in [0, 0.1) is 0 Å². The Labute approximate surface area is 184 Å². The highest BCUT2D eigenvalue weighted by Crippen LogP contribution is 2.39. The van der Waals surface area contributed by atoms with E-state index in [0.29, 0.717) is 11.6 Å². The Morgan fingerprint density at radius 1 is 1.10 bits per heavy atom. The van der Waals surface area contributed by atoms with Gasteiger partial charge >= 0.3 is 0 Å². The van der Waals surface area contributed by atoms with Crippen molar-refractivity contribution in [2.45, 2.75) is 25.7 Å². The molecular formula is C24H22N4O2S. The van der Waals surface area contributed by atoms with Gasteiger partial charge in [-0.3, -0.25) is 5.43 Å². The highest BCUT2D eigenvalue weighted by molar-refractivity contribution is 7.19. The molecule has 1 aliphatic rings. The fraction of sp³-hybridized carbons (Fsp3) is 0.208. The molecule has 0 amide bonds. The van der Waals surface area contributed by atoms with Gasteiger partial charge in [0, 0.05) is 10.4 Å². The summed E-state index contributed by atoms with van der Waals surface area (Å²) in [4.78, 5) is 12.1. The maximum atomic E-state index is 9.78. The molecule has 31 heavy (non-hydrogen) atoms. The number of aromatic hydroxyl groups is 1. The Kier molecular flexibility index (Phi) is 5.26. The van der Waals surface area contributed by atoms with Gasteiger partial charge in [0.25, 0.3) is 0 Å². The molecule has 0 spiro atoms. The summed E-state index contributed by atoms with van der Waals surface area (Å²) in [6.07, 6.45) is 6.26. The molecular weight excluding hydrogens is 408 g/mol. The van der Waals surface area contributed by atoms with Crippen molar-refractivity contribution in [3.8, 4) is 22.9 Å². The number of methoxy groups -OCH3 is 1. The van der Waals surface area contributed by atoms with Crippen LogP contribution < -0.4 is 10.2 Å². The highest BCUT2D eigenvalue weighted by Gasteiger charge is 2.21. The van der Waals surface area contributed by atoms with Crippen molar-refractivity contribution in [1.29, 1.82) is 0 Å². The van der Waals surface area contributed by atoms with Crippen LogP contribution >= 0.6 is 11.3 Å². The highest BCUT2D eigenvalue weighted by atomic mass is 32.1. The molecule has 2 aromatic carbocycles. The number of thiophene rings is 1. The lowest BCUT2D eigenvalue weighted by atomic mass is 9.97. The van der Waals surface area contributed by atoms with Gasteiger partial charge in [0.15, 0.2) is 23.1 Å². The van der Waals surface area contributed by atoms with Gasteiger partial charge in [-0.25, -0.2) is 9.97 Å². The number of rotatable bonds is 5. The van der Waals surface area contributed by atoms with E-state index < -0.39 is 0 Å². The number of hydrogen-bond acceptors (Lipinski definition) is 7. The molecule has 156 valence electrons. The summed E-state index contributed by atoms with van der Waals surface area (Å²) < 4.78 is 5.17. The molecule has 0 fully saturated rings. The number of aromatic nitrogens is 2. The second-order valence-electron chi connectivity index (χ2n) is 7.45. The molecule has 2 aromatic heterocycles. The summed E-state index contributed by atoms with van der Waals surface area (Å²) in [6.45, 7) is 0. The van der Waals surface area contributed by atoms with Crippen LogP contribution in [0.4, 0.5) is 5.82 Å². The Hall–Kier alpha value is -3.45. The number of fused-ring (bicyclic) bond motifs is 3. The Bertz CT molecular complexity index is 1270. The zero-order chi connectivity index (χ0) is 21.2. The van der Waals surface area contributed by atoms with E-state index in [1.54, 1.807) is 35.8 Å². The predicted molar refractivity (Wildman–Crippen MR) is 125 cm³/mol. The van der Waals surface area contributed by atoms with Crippen LogP contribution in [0.5, 0.6) is 11.5 Å².